The molecule has 2 heteroatoms. The molecule has 0 radical (unpaired) electrons. The molecule has 0 N–H and O–H groups in total. The SMILES string of the molecule is c1ccc(-c2ccc(N(c3ccc4c(ccc5c6ccccc6ccc45)c3)c3cccc4c3sc3ccccc34)cc2)cc1. The van der Waals surface area contributed by atoms with Gasteiger partial charge < -0.3 is 4.90 Å². The topological polar surface area (TPSA) is 3.24 Å². The van der Waals surface area contributed by atoms with Gasteiger partial charge in [0, 0.05) is 26.8 Å². The molecule has 1 heterocycles. The number of benzene rings is 8. The second-order valence-electron chi connectivity index (χ2n) is 11.4. The van der Waals surface area contributed by atoms with Crippen LogP contribution in [0.25, 0.3) is 63.6 Å². The van der Waals surface area contributed by atoms with Crippen LogP contribution >= 0.6 is 11.3 Å². The maximum absolute atomic E-state index is 2.43. The van der Waals surface area contributed by atoms with Crippen molar-refractivity contribution in [3.8, 4) is 11.1 Å². The molecule has 9 rings (SSSR count). The summed E-state index contributed by atoms with van der Waals surface area (Å²) >= 11 is 1.87. The minimum Gasteiger partial charge on any atom is -0.309 e. The van der Waals surface area contributed by atoms with E-state index < -0.39 is 0 Å². The van der Waals surface area contributed by atoms with Crippen molar-refractivity contribution in [2.24, 2.45) is 0 Å². The van der Waals surface area contributed by atoms with Crippen LogP contribution in [-0.4, -0.2) is 0 Å². The van der Waals surface area contributed by atoms with Crippen LogP contribution in [-0.2, 0) is 0 Å². The monoisotopic (exact) mass is 577 g/mol. The summed E-state index contributed by atoms with van der Waals surface area (Å²) in [6, 6.07) is 59.7. The fourth-order valence-electron chi connectivity index (χ4n) is 6.72. The van der Waals surface area contributed by atoms with Gasteiger partial charge in [-0.1, -0.05) is 127 Å². The second-order valence-corrected chi connectivity index (χ2v) is 12.4. The molecule has 1 nitrogen and oxygen atoms in total. The van der Waals surface area contributed by atoms with Gasteiger partial charge in [0.1, 0.15) is 0 Å². The Morgan fingerprint density at radius 3 is 1.82 bits per heavy atom. The van der Waals surface area contributed by atoms with E-state index in [-0.39, 0.29) is 0 Å². The zero-order chi connectivity index (χ0) is 29.0. The molecule has 0 aliphatic carbocycles. The van der Waals surface area contributed by atoms with Crippen molar-refractivity contribution in [3.63, 3.8) is 0 Å². The lowest BCUT2D eigenvalue weighted by atomic mass is 9.96. The molecule has 0 atom stereocenters. The molecule has 0 saturated carbocycles. The molecule has 0 amide bonds. The number of anilines is 3. The first-order valence-corrected chi connectivity index (χ1v) is 15.8. The lowest BCUT2D eigenvalue weighted by molar-refractivity contribution is 1.31. The molecule has 0 fully saturated rings. The summed E-state index contributed by atoms with van der Waals surface area (Å²) in [5, 5.41) is 10.3. The summed E-state index contributed by atoms with van der Waals surface area (Å²) in [6.07, 6.45) is 0. The fourth-order valence-corrected chi connectivity index (χ4v) is 7.93. The molecule has 0 unspecified atom stereocenters. The van der Waals surface area contributed by atoms with Gasteiger partial charge in [-0.05, 0) is 79.8 Å². The highest BCUT2D eigenvalue weighted by Crippen LogP contribution is 2.45. The first-order valence-electron chi connectivity index (χ1n) is 15.0. The van der Waals surface area contributed by atoms with Gasteiger partial charge in [-0.15, -0.1) is 11.3 Å². The van der Waals surface area contributed by atoms with E-state index >= 15 is 0 Å². The zero-order valence-corrected chi connectivity index (χ0v) is 24.8. The Morgan fingerprint density at radius 1 is 0.364 bits per heavy atom. The lowest BCUT2D eigenvalue weighted by Gasteiger charge is -2.27. The standard InChI is InChI=1S/C42H27NS/c1-2-9-28(10-3-1)29-17-21-32(22-18-29)43(40-15-8-14-39-38-13-6-7-16-41(38)44-42(39)40)33-23-26-35-31(27-33)20-25-36-34-12-5-4-11-30(34)19-24-37(35)36/h1-27H. The van der Waals surface area contributed by atoms with Crippen LogP contribution in [0.1, 0.15) is 0 Å². The average molecular weight is 578 g/mol. The molecule has 0 aliphatic rings. The Morgan fingerprint density at radius 2 is 0.977 bits per heavy atom. The van der Waals surface area contributed by atoms with Crippen LogP contribution in [0.5, 0.6) is 0 Å². The predicted molar refractivity (Wildman–Crippen MR) is 192 cm³/mol. The van der Waals surface area contributed by atoms with E-state index in [4.69, 9.17) is 0 Å². The fraction of sp³-hybridized carbons (Fsp3) is 0. The molecule has 0 bridgehead atoms. The Kier molecular flexibility index (Phi) is 5.75. The average Bonchev–Trinajstić information content (AvgIpc) is 3.48. The lowest BCUT2D eigenvalue weighted by Crippen LogP contribution is -2.10. The number of hydrogen-bond acceptors (Lipinski definition) is 2. The van der Waals surface area contributed by atoms with Crippen LogP contribution in [0.15, 0.2) is 164 Å². The zero-order valence-electron chi connectivity index (χ0n) is 23.9. The number of hydrogen-bond donors (Lipinski definition) is 0. The summed E-state index contributed by atoms with van der Waals surface area (Å²) in [7, 11) is 0. The maximum Gasteiger partial charge on any atom is 0.0640 e. The van der Waals surface area contributed by atoms with E-state index in [2.05, 4.69) is 169 Å². The highest BCUT2D eigenvalue weighted by atomic mass is 32.1. The summed E-state index contributed by atoms with van der Waals surface area (Å²) in [6.45, 7) is 0. The van der Waals surface area contributed by atoms with E-state index in [1.165, 1.54) is 69.3 Å². The first-order chi connectivity index (χ1) is 21.8. The third-order valence-corrected chi connectivity index (χ3v) is 10.0. The summed E-state index contributed by atoms with van der Waals surface area (Å²) < 4.78 is 2.61. The Labute approximate surface area is 259 Å². The Balaban J connectivity index is 1.26. The van der Waals surface area contributed by atoms with E-state index in [9.17, 15) is 0 Å². The van der Waals surface area contributed by atoms with Crippen LogP contribution < -0.4 is 4.90 Å². The van der Waals surface area contributed by atoms with Gasteiger partial charge in [-0.25, -0.2) is 0 Å². The number of fused-ring (bicyclic) bond motifs is 8. The molecule has 44 heavy (non-hydrogen) atoms. The minimum absolute atomic E-state index is 1.14. The highest BCUT2D eigenvalue weighted by Gasteiger charge is 2.19. The summed E-state index contributed by atoms with van der Waals surface area (Å²) in [4.78, 5) is 2.43. The van der Waals surface area contributed by atoms with E-state index in [0.717, 1.165) is 11.4 Å². The molecular formula is C42H27NS. The Hall–Kier alpha value is -5.44. The van der Waals surface area contributed by atoms with Gasteiger partial charge in [0.25, 0.3) is 0 Å². The van der Waals surface area contributed by atoms with E-state index in [1.807, 2.05) is 11.3 Å². The van der Waals surface area contributed by atoms with Crippen molar-refractivity contribution in [3.05, 3.63) is 164 Å². The second kappa shape index (κ2) is 10.1. The molecule has 9 aromatic rings. The predicted octanol–water partition coefficient (Wildman–Crippen LogP) is 12.7. The molecule has 0 aliphatic heterocycles. The van der Waals surface area contributed by atoms with Crippen molar-refractivity contribution in [1.29, 1.82) is 0 Å². The quantitative estimate of drug-likeness (QED) is 0.188. The first kappa shape index (κ1) is 25.1. The van der Waals surface area contributed by atoms with Gasteiger partial charge in [0.15, 0.2) is 0 Å². The van der Waals surface area contributed by atoms with Crippen LogP contribution in [0.3, 0.4) is 0 Å². The Bertz CT molecular complexity index is 2490. The van der Waals surface area contributed by atoms with Crippen LogP contribution in [0, 0.1) is 0 Å². The molecule has 206 valence electrons. The number of nitrogens with zero attached hydrogens (tertiary/aromatic N) is 1. The third kappa shape index (κ3) is 4.00. The number of thiophene rings is 1. The van der Waals surface area contributed by atoms with Crippen LogP contribution in [0.4, 0.5) is 17.1 Å². The van der Waals surface area contributed by atoms with E-state index in [1.54, 1.807) is 0 Å². The van der Waals surface area contributed by atoms with E-state index in [0.29, 0.717) is 0 Å². The van der Waals surface area contributed by atoms with Gasteiger partial charge in [-0.3, -0.25) is 0 Å². The van der Waals surface area contributed by atoms with Crippen LogP contribution in [0.2, 0.25) is 0 Å². The van der Waals surface area contributed by atoms with Crippen molar-refractivity contribution in [1.82, 2.24) is 0 Å². The van der Waals surface area contributed by atoms with Crippen molar-refractivity contribution in [2.45, 2.75) is 0 Å². The minimum atomic E-state index is 1.14. The van der Waals surface area contributed by atoms with Crippen molar-refractivity contribution in [2.75, 3.05) is 4.90 Å². The molecule has 0 spiro atoms. The molecular weight excluding hydrogens is 551 g/mol. The summed E-state index contributed by atoms with van der Waals surface area (Å²) in [5.74, 6) is 0. The number of rotatable bonds is 4. The van der Waals surface area contributed by atoms with Gasteiger partial charge in [0.05, 0.1) is 10.4 Å². The largest absolute Gasteiger partial charge is 0.309 e. The van der Waals surface area contributed by atoms with Crippen molar-refractivity contribution >= 4 is 80.9 Å². The third-order valence-electron chi connectivity index (χ3n) is 8.84. The molecule has 1 aromatic heterocycles. The van der Waals surface area contributed by atoms with Crippen molar-refractivity contribution < 1.29 is 0 Å². The van der Waals surface area contributed by atoms with Gasteiger partial charge >= 0.3 is 0 Å². The van der Waals surface area contributed by atoms with Gasteiger partial charge in [0.2, 0.25) is 0 Å². The summed E-state index contributed by atoms with van der Waals surface area (Å²) in [5.41, 5.74) is 5.92. The maximum atomic E-state index is 2.43. The smallest absolute Gasteiger partial charge is 0.0640 e. The van der Waals surface area contributed by atoms with Gasteiger partial charge in [-0.2, -0.15) is 0 Å². The highest BCUT2D eigenvalue weighted by molar-refractivity contribution is 7.26. The molecule has 8 aromatic carbocycles. The molecule has 0 saturated heterocycles. The normalized spacial score (nSPS) is 11.6.